The summed E-state index contributed by atoms with van der Waals surface area (Å²) < 4.78 is 14.2. The number of thiazole rings is 1. The van der Waals surface area contributed by atoms with E-state index in [0.717, 1.165) is 33.7 Å². The summed E-state index contributed by atoms with van der Waals surface area (Å²) in [6, 6.07) is 9.92. The predicted molar refractivity (Wildman–Crippen MR) is 137 cm³/mol. The molecule has 3 rings (SSSR count). The van der Waals surface area contributed by atoms with Crippen molar-refractivity contribution in [3.63, 3.8) is 0 Å². The second kappa shape index (κ2) is 11.1. The Hall–Kier alpha value is -3.85. The molecular formula is C26H27FN4O3S. The molecule has 0 radical (unpaired) electrons. The summed E-state index contributed by atoms with van der Waals surface area (Å²) in [5.74, 6) is -1.62. The van der Waals surface area contributed by atoms with Crippen LogP contribution < -0.4 is 10.2 Å². The third-order valence-corrected chi connectivity index (χ3v) is 6.05. The SMILES string of the molecule is CC(=O)N(c1nc(/C=C/C(=O)N(C)CC(=O)Nc2c(C)cc(C)cc2C)cs1)c1ccccc1F. The summed E-state index contributed by atoms with van der Waals surface area (Å²) in [4.78, 5) is 44.0. The monoisotopic (exact) mass is 494 g/mol. The number of hydrogen-bond acceptors (Lipinski definition) is 5. The van der Waals surface area contributed by atoms with Crippen LogP contribution in [0.25, 0.3) is 6.08 Å². The van der Waals surface area contributed by atoms with Crippen molar-refractivity contribution in [3.8, 4) is 0 Å². The third kappa shape index (κ3) is 6.39. The van der Waals surface area contributed by atoms with E-state index in [1.165, 1.54) is 48.1 Å². The van der Waals surface area contributed by atoms with Gasteiger partial charge in [-0.1, -0.05) is 29.8 Å². The summed E-state index contributed by atoms with van der Waals surface area (Å²) in [6.07, 6.45) is 2.79. The first-order valence-electron chi connectivity index (χ1n) is 10.9. The number of hydrogen-bond donors (Lipinski definition) is 1. The molecule has 3 amide bonds. The molecule has 7 nitrogen and oxygen atoms in total. The van der Waals surface area contributed by atoms with Crippen molar-refractivity contribution in [2.45, 2.75) is 27.7 Å². The van der Waals surface area contributed by atoms with Crippen molar-refractivity contribution >= 4 is 51.6 Å². The van der Waals surface area contributed by atoms with Gasteiger partial charge in [0, 0.05) is 31.1 Å². The fourth-order valence-corrected chi connectivity index (χ4v) is 4.48. The van der Waals surface area contributed by atoms with Crippen LogP contribution in [0.1, 0.15) is 29.3 Å². The molecule has 0 aliphatic rings. The lowest BCUT2D eigenvalue weighted by molar-refractivity contribution is -0.129. The molecule has 1 N–H and O–H groups in total. The highest BCUT2D eigenvalue weighted by atomic mass is 32.1. The molecule has 0 bridgehead atoms. The summed E-state index contributed by atoms with van der Waals surface area (Å²) in [5.41, 5.74) is 4.31. The summed E-state index contributed by atoms with van der Waals surface area (Å²) in [7, 11) is 1.53. The van der Waals surface area contributed by atoms with E-state index in [2.05, 4.69) is 10.3 Å². The molecule has 0 aliphatic carbocycles. The maximum absolute atomic E-state index is 14.2. The second-order valence-electron chi connectivity index (χ2n) is 8.21. The van der Waals surface area contributed by atoms with Crippen LogP contribution in [-0.4, -0.2) is 41.2 Å². The molecule has 1 aromatic heterocycles. The van der Waals surface area contributed by atoms with Gasteiger partial charge in [0.25, 0.3) is 0 Å². The molecule has 0 spiro atoms. The zero-order valence-electron chi connectivity index (χ0n) is 20.3. The van der Waals surface area contributed by atoms with Crippen LogP contribution in [-0.2, 0) is 14.4 Å². The molecule has 2 aromatic carbocycles. The molecule has 0 unspecified atom stereocenters. The van der Waals surface area contributed by atoms with Crippen molar-refractivity contribution in [2.24, 2.45) is 0 Å². The highest BCUT2D eigenvalue weighted by Gasteiger charge is 2.20. The van der Waals surface area contributed by atoms with Crippen LogP contribution >= 0.6 is 11.3 Å². The quantitative estimate of drug-likeness (QED) is 0.469. The number of aryl methyl sites for hydroxylation is 3. The minimum Gasteiger partial charge on any atom is -0.333 e. The zero-order valence-corrected chi connectivity index (χ0v) is 21.1. The van der Waals surface area contributed by atoms with Gasteiger partial charge in [-0.2, -0.15) is 0 Å². The van der Waals surface area contributed by atoms with Crippen LogP contribution in [0, 0.1) is 26.6 Å². The molecule has 0 fully saturated rings. The number of halogens is 1. The van der Waals surface area contributed by atoms with E-state index in [0.29, 0.717) is 5.69 Å². The lowest BCUT2D eigenvalue weighted by Gasteiger charge is -2.18. The van der Waals surface area contributed by atoms with Crippen molar-refractivity contribution in [3.05, 3.63) is 76.1 Å². The Labute approximate surface area is 207 Å². The highest BCUT2D eigenvalue weighted by molar-refractivity contribution is 7.14. The van der Waals surface area contributed by atoms with Gasteiger partial charge < -0.3 is 10.2 Å². The van der Waals surface area contributed by atoms with E-state index in [9.17, 15) is 18.8 Å². The van der Waals surface area contributed by atoms with Gasteiger partial charge in [-0.3, -0.25) is 19.3 Å². The molecule has 9 heteroatoms. The Morgan fingerprint density at radius 3 is 2.40 bits per heavy atom. The summed E-state index contributed by atoms with van der Waals surface area (Å²) in [5, 5.41) is 4.82. The van der Waals surface area contributed by atoms with Gasteiger partial charge in [-0.15, -0.1) is 11.3 Å². The molecule has 0 atom stereocenters. The number of likely N-dealkylation sites (N-methyl/N-ethyl adjacent to an activating group) is 1. The summed E-state index contributed by atoms with van der Waals surface area (Å²) in [6.45, 7) is 7.05. The minimum atomic E-state index is -0.541. The fourth-order valence-electron chi connectivity index (χ4n) is 3.63. The first kappa shape index (κ1) is 25.8. The number of nitrogens with one attached hydrogen (secondary N) is 1. The maximum Gasteiger partial charge on any atom is 0.246 e. The normalized spacial score (nSPS) is 10.9. The van der Waals surface area contributed by atoms with Gasteiger partial charge in [-0.25, -0.2) is 9.37 Å². The molecule has 0 saturated heterocycles. The maximum atomic E-state index is 14.2. The minimum absolute atomic E-state index is 0.103. The number of carbonyl (C=O) groups excluding carboxylic acids is 3. The first-order valence-corrected chi connectivity index (χ1v) is 11.8. The molecule has 182 valence electrons. The second-order valence-corrected chi connectivity index (χ2v) is 9.05. The number of nitrogens with zero attached hydrogens (tertiary/aromatic N) is 3. The van der Waals surface area contributed by atoms with Crippen LogP contribution in [0.2, 0.25) is 0 Å². The van der Waals surface area contributed by atoms with E-state index in [1.807, 2.05) is 32.9 Å². The van der Waals surface area contributed by atoms with E-state index in [-0.39, 0.29) is 35.1 Å². The Morgan fingerprint density at radius 2 is 1.77 bits per heavy atom. The van der Waals surface area contributed by atoms with Crippen LogP contribution in [0.15, 0.2) is 47.9 Å². The number of anilines is 3. The average Bonchev–Trinajstić information content (AvgIpc) is 3.24. The van der Waals surface area contributed by atoms with Gasteiger partial charge in [-0.05, 0) is 50.1 Å². The van der Waals surface area contributed by atoms with Crippen molar-refractivity contribution < 1.29 is 18.8 Å². The fraction of sp³-hybridized carbons (Fsp3) is 0.231. The van der Waals surface area contributed by atoms with Crippen molar-refractivity contribution in [1.29, 1.82) is 0 Å². The number of rotatable bonds is 7. The van der Waals surface area contributed by atoms with Gasteiger partial charge >= 0.3 is 0 Å². The molecule has 35 heavy (non-hydrogen) atoms. The Morgan fingerprint density at radius 1 is 1.11 bits per heavy atom. The largest absolute Gasteiger partial charge is 0.333 e. The molecule has 3 aromatic rings. The van der Waals surface area contributed by atoms with Crippen LogP contribution in [0.5, 0.6) is 0 Å². The van der Waals surface area contributed by atoms with E-state index < -0.39 is 5.82 Å². The number of benzene rings is 2. The lowest BCUT2D eigenvalue weighted by atomic mass is 10.1. The highest BCUT2D eigenvalue weighted by Crippen LogP contribution is 2.31. The molecular weight excluding hydrogens is 467 g/mol. The lowest BCUT2D eigenvalue weighted by Crippen LogP contribution is -2.34. The van der Waals surface area contributed by atoms with E-state index in [1.54, 1.807) is 17.5 Å². The average molecular weight is 495 g/mol. The first-order chi connectivity index (χ1) is 16.6. The van der Waals surface area contributed by atoms with E-state index in [4.69, 9.17) is 0 Å². The molecule has 1 heterocycles. The Kier molecular flexibility index (Phi) is 8.14. The predicted octanol–water partition coefficient (Wildman–Crippen LogP) is 5.00. The Balaban J connectivity index is 1.65. The number of amides is 3. The molecule has 0 aliphatic heterocycles. The Bertz CT molecular complexity index is 1280. The number of carbonyl (C=O) groups is 3. The zero-order chi connectivity index (χ0) is 25.7. The van der Waals surface area contributed by atoms with Gasteiger partial charge in [0.15, 0.2) is 5.13 Å². The number of para-hydroxylation sites is 1. The molecule has 0 saturated carbocycles. The van der Waals surface area contributed by atoms with E-state index >= 15 is 0 Å². The smallest absolute Gasteiger partial charge is 0.246 e. The van der Waals surface area contributed by atoms with Gasteiger partial charge in [0.05, 0.1) is 17.9 Å². The van der Waals surface area contributed by atoms with Crippen LogP contribution in [0.4, 0.5) is 20.9 Å². The topological polar surface area (TPSA) is 82.6 Å². The van der Waals surface area contributed by atoms with Crippen molar-refractivity contribution in [1.82, 2.24) is 9.88 Å². The summed E-state index contributed by atoms with van der Waals surface area (Å²) >= 11 is 1.15. The third-order valence-electron chi connectivity index (χ3n) is 5.20. The van der Waals surface area contributed by atoms with Gasteiger partial charge in [0.1, 0.15) is 5.82 Å². The number of aromatic nitrogens is 1. The van der Waals surface area contributed by atoms with Gasteiger partial charge in [0.2, 0.25) is 17.7 Å². The van der Waals surface area contributed by atoms with Crippen molar-refractivity contribution in [2.75, 3.05) is 23.8 Å². The van der Waals surface area contributed by atoms with Crippen LogP contribution in [0.3, 0.4) is 0 Å². The standard InChI is InChI=1S/C26H27FN4O3S/c1-16-12-17(2)25(18(3)13-16)29-23(33)14-30(5)24(34)11-10-20-15-35-26(28-20)31(19(4)32)22-9-7-6-8-21(22)27/h6-13,15H,14H2,1-5H3,(H,29,33)/b11-10+.